The largest absolute Gasteiger partial charge is 0.350 e. The standard InChI is InChI=1S/C21H19FN2O2/c1-14-7-2-3-8-15(14)19-11-6-12-24(19)21(25)20-13-18(23-26-20)16-9-4-5-10-17(16)22/h2-5,7-10,13,19H,6,11-12H2,1H3/t19-/m1/s1. The molecule has 0 N–H and O–H groups in total. The molecule has 2 heterocycles. The van der Waals surface area contributed by atoms with Crippen LogP contribution in [0.1, 0.15) is 40.6 Å². The highest BCUT2D eigenvalue weighted by atomic mass is 19.1. The van der Waals surface area contributed by atoms with Crippen LogP contribution in [0.4, 0.5) is 4.39 Å². The summed E-state index contributed by atoms with van der Waals surface area (Å²) in [5.74, 6) is -0.451. The molecular weight excluding hydrogens is 331 g/mol. The van der Waals surface area contributed by atoms with Crippen LogP contribution in [0.15, 0.2) is 59.1 Å². The molecule has 132 valence electrons. The average Bonchev–Trinajstić information content (AvgIpc) is 3.32. The summed E-state index contributed by atoms with van der Waals surface area (Å²) in [6, 6.07) is 16.0. The fraction of sp³-hybridized carbons (Fsp3) is 0.238. The molecule has 1 atom stereocenters. The molecule has 26 heavy (non-hydrogen) atoms. The lowest BCUT2D eigenvalue weighted by Crippen LogP contribution is -2.30. The average molecular weight is 350 g/mol. The maximum absolute atomic E-state index is 13.9. The smallest absolute Gasteiger partial charge is 0.292 e. The van der Waals surface area contributed by atoms with Gasteiger partial charge in [-0.1, -0.05) is 41.6 Å². The molecule has 1 aliphatic heterocycles. The summed E-state index contributed by atoms with van der Waals surface area (Å²) in [5.41, 5.74) is 2.99. The zero-order valence-corrected chi connectivity index (χ0v) is 14.5. The molecule has 5 heteroatoms. The lowest BCUT2D eigenvalue weighted by Gasteiger charge is -2.25. The Labute approximate surface area is 151 Å². The van der Waals surface area contributed by atoms with E-state index in [-0.39, 0.29) is 17.7 Å². The zero-order valence-electron chi connectivity index (χ0n) is 14.5. The number of benzene rings is 2. The summed E-state index contributed by atoms with van der Waals surface area (Å²) in [4.78, 5) is 14.8. The van der Waals surface area contributed by atoms with E-state index < -0.39 is 5.82 Å². The van der Waals surface area contributed by atoms with E-state index in [1.165, 1.54) is 17.7 Å². The van der Waals surface area contributed by atoms with E-state index >= 15 is 0 Å². The van der Waals surface area contributed by atoms with E-state index in [1.54, 1.807) is 18.2 Å². The van der Waals surface area contributed by atoms with Crippen LogP contribution in [0.2, 0.25) is 0 Å². The van der Waals surface area contributed by atoms with E-state index in [4.69, 9.17) is 4.52 Å². The quantitative estimate of drug-likeness (QED) is 0.684. The molecule has 0 bridgehead atoms. The summed E-state index contributed by atoms with van der Waals surface area (Å²) < 4.78 is 19.2. The highest BCUT2D eigenvalue weighted by Gasteiger charge is 2.33. The minimum absolute atomic E-state index is 0.0331. The molecule has 4 nitrogen and oxygen atoms in total. The monoisotopic (exact) mass is 350 g/mol. The summed E-state index contributed by atoms with van der Waals surface area (Å²) >= 11 is 0. The Balaban J connectivity index is 1.62. The van der Waals surface area contributed by atoms with Gasteiger partial charge in [-0.25, -0.2) is 4.39 Å². The Morgan fingerprint density at radius 3 is 2.77 bits per heavy atom. The van der Waals surface area contributed by atoms with Crippen molar-refractivity contribution >= 4 is 5.91 Å². The van der Waals surface area contributed by atoms with Crippen LogP contribution in [0, 0.1) is 12.7 Å². The number of carbonyl (C=O) groups is 1. The van der Waals surface area contributed by atoms with E-state index in [0.29, 0.717) is 17.8 Å². The van der Waals surface area contributed by atoms with Crippen LogP contribution in [-0.2, 0) is 0 Å². The third-order valence-electron chi connectivity index (χ3n) is 4.93. The molecule has 2 aromatic carbocycles. The minimum Gasteiger partial charge on any atom is -0.350 e. The normalized spacial score (nSPS) is 16.8. The molecule has 0 unspecified atom stereocenters. The Morgan fingerprint density at radius 2 is 1.96 bits per heavy atom. The first-order chi connectivity index (χ1) is 12.6. The van der Waals surface area contributed by atoms with E-state index in [2.05, 4.69) is 24.2 Å². The number of hydrogen-bond donors (Lipinski definition) is 0. The number of amides is 1. The number of aromatic nitrogens is 1. The Morgan fingerprint density at radius 1 is 1.19 bits per heavy atom. The van der Waals surface area contributed by atoms with Crippen molar-refractivity contribution in [2.45, 2.75) is 25.8 Å². The molecule has 0 spiro atoms. The molecule has 1 fully saturated rings. The predicted molar refractivity (Wildman–Crippen MR) is 96.1 cm³/mol. The highest BCUT2D eigenvalue weighted by Crippen LogP contribution is 2.35. The molecule has 4 rings (SSSR count). The Kier molecular flexibility index (Phi) is 4.29. The maximum atomic E-state index is 13.9. The topological polar surface area (TPSA) is 46.3 Å². The van der Waals surface area contributed by atoms with Crippen LogP contribution < -0.4 is 0 Å². The number of nitrogens with zero attached hydrogens (tertiary/aromatic N) is 2. The van der Waals surface area contributed by atoms with Gasteiger partial charge in [-0.15, -0.1) is 0 Å². The molecule has 3 aromatic rings. The van der Waals surface area contributed by atoms with Crippen LogP contribution in [0.3, 0.4) is 0 Å². The Bertz CT molecular complexity index is 950. The SMILES string of the molecule is Cc1ccccc1[C@H]1CCCN1C(=O)c1cc(-c2ccccc2F)no1. The van der Waals surface area contributed by atoms with Crippen molar-refractivity contribution in [1.29, 1.82) is 0 Å². The predicted octanol–water partition coefficient (Wildman–Crippen LogP) is 4.77. The maximum Gasteiger partial charge on any atom is 0.292 e. The minimum atomic E-state index is -0.390. The molecule has 1 amide bonds. The third kappa shape index (κ3) is 2.90. The number of hydrogen-bond acceptors (Lipinski definition) is 3. The second kappa shape index (κ2) is 6.75. The van der Waals surface area contributed by atoms with Crippen molar-refractivity contribution in [3.8, 4) is 11.3 Å². The van der Waals surface area contributed by atoms with Gasteiger partial charge >= 0.3 is 0 Å². The lowest BCUT2D eigenvalue weighted by molar-refractivity contribution is 0.0693. The molecule has 1 aliphatic rings. The lowest BCUT2D eigenvalue weighted by atomic mass is 9.99. The van der Waals surface area contributed by atoms with Crippen LogP contribution in [-0.4, -0.2) is 22.5 Å². The van der Waals surface area contributed by atoms with Gasteiger partial charge in [-0.05, 0) is 43.0 Å². The van der Waals surface area contributed by atoms with Gasteiger partial charge < -0.3 is 9.42 Å². The molecule has 1 aromatic heterocycles. The number of carbonyl (C=O) groups excluding carboxylic acids is 1. The first-order valence-corrected chi connectivity index (χ1v) is 8.73. The number of aryl methyl sites for hydroxylation is 1. The first-order valence-electron chi connectivity index (χ1n) is 8.73. The van der Waals surface area contributed by atoms with Crippen molar-refractivity contribution in [3.05, 3.63) is 77.3 Å². The van der Waals surface area contributed by atoms with Crippen molar-refractivity contribution in [1.82, 2.24) is 10.1 Å². The number of likely N-dealkylation sites (tertiary alicyclic amines) is 1. The summed E-state index contributed by atoms with van der Waals surface area (Å²) in [6.45, 7) is 2.73. The van der Waals surface area contributed by atoms with Gasteiger partial charge in [0.2, 0.25) is 5.76 Å². The van der Waals surface area contributed by atoms with Crippen LogP contribution in [0.5, 0.6) is 0 Å². The second-order valence-electron chi connectivity index (χ2n) is 6.57. The van der Waals surface area contributed by atoms with Crippen molar-refractivity contribution in [2.24, 2.45) is 0 Å². The van der Waals surface area contributed by atoms with Gasteiger partial charge in [0.1, 0.15) is 11.5 Å². The van der Waals surface area contributed by atoms with Crippen molar-refractivity contribution in [2.75, 3.05) is 6.54 Å². The van der Waals surface area contributed by atoms with E-state index in [0.717, 1.165) is 18.4 Å². The second-order valence-corrected chi connectivity index (χ2v) is 6.57. The molecule has 0 radical (unpaired) electrons. The highest BCUT2D eigenvalue weighted by molar-refractivity contribution is 5.93. The summed E-state index contributed by atoms with van der Waals surface area (Å²) in [7, 11) is 0. The van der Waals surface area contributed by atoms with Gasteiger partial charge in [0, 0.05) is 18.2 Å². The fourth-order valence-electron chi connectivity index (χ4n) is 3.61. The van der Waals surface area contributed by atoms with Gasteiger partial charge in [0.25, 0.3) is 5.91 Å². The fourth-order valence-corrected chi connectivity index (χ4v) is 3.61. The third-order valence-corrected chi connectivity index (χ3v) is 4.93. The molecule has 0 saturated carbocycles. The van der Waals surface area contributed by atoms with Gasteiger partial charge in [-0.2, -0.15) is 0 Å². The molecule has 0 aliphatic carbocycles. The summed E-state index contributed by atoms with van der Waals surface area (Å²) in [6.07, 6.45) is 1.87. The Hall–Kier alpha value is -2.95. The van der Waals surface area contributed by atoms with Crippen molar-refractivity contribution in [3.63, 3.8) is 0 Å². The van der Waals surface area contributed by atoms with Crippen molar-refractivity contribution < 1.29 is 13.7 Å². The molecule has 1 saturated heterocycles. The number of rotatable bonds is 3. The zero-order chi connectivity index (χ0) is 18.1. The van der Waals surface area contributed by atoms with Crippen LogP contribution >= 0.6 is 0 Å². The summed E-state index contributed by atoms with van der Waals surface area (Å²) in [5, 5.41) is 3.89. The van der Waals surface area contributed by atoms with Crippen LogP contribution in [0.25, 0.3) is 11.3 Å². The van der Waals surface area contributed by atoms with Gasteiger partial charge in [0.15, 0.2) is 0 Å². The molecular formula is C21H19FN2O2. The van der Waals surface area contributed by atoms with E-state index in [9.17, 15) is 9.18 Å². The first kappa shape index (κ1) is 16.5. The van der Waals surface area contributed by atoms with E-state index in [1.807, 2.05) is 17.0 Å². The van der Waals surface area contributed by atoms with Gasteiger partial charge in [0.05, 0.1) is 6.04 Å². The van der Waals surface area contributed by atoms with Gasteiger partial charge in [-0.3, -0.25) is 4.79 Å². The number of halogens is 1.